The summed E-state index contributed by atoms with van der Waals surface area (Å²) in [6.45, 7) is 1.64. The molecule has 1 N–H and O–H groups in total. The molecule has 0 aromatic carbocycles. The maximum absolute atomic E-state index is 11.4. The van der Waals surface area contributed by atoms with E-state index in [1.54, 1.807) is 13.0 Å². The normalized spacial score (nSPS) is 19.1. The summed E-state index contributed by atoms with van der Waals surface area (Å²) in [5, 5.41) is 8.67. The minimum atomic E-state index is -0.826. The van der Waals surface area contributed by atoms with Crippen molar-refractivity contribution in [1.82, 2.24) is 0 Å². The van der Waals surface area contributed by atoms with Crippen LogP contribution in [0.3, 0.4) is 0 Å². The van der Waals surface area contributed by atoms with Crippen molar-refractivity contribution in [3.05, 3.63) is 12.2 Å². The van der Waals surface area contributed by atoms with Crippen molar-refractivity contribution in [3.8, 4) is 0 Å². The number of hydrogen-bond donors (Lipinski definition) is 1. The second kappa shape index (κ2) is 6.46. The highest BCUT2D eigenvalue weighted by atomic mass is 16.4. The quantitative estimate of drug-likeness (QED) is 0.706. The first-order chi connectivity index (χ1) is 7.59. The van der Waals surface area contributed by atoms with Gasteiger partial charge in [-0.3, -0.25) is 9.59 Å². The highest BCUT2D eigenvalue weighted by Gasteiger charge is 2.13. The van der Waals surface area contributed by atoms with Crippen LogP contribution >= 0.6 is 0 Å². The molecule has 0 bridgehead atoms. The molecule has 0 saturated heterocycles. The van der Waals surface area contributed by atoms with Crippen molar-refractivity contribution >= 4 is 11.8 Å². The van der Waals surface area contributed by atoms with Crippen LogP contribution in [0.15, 0.2) is 12.2 Å². The van der Waals surface area contributed by atoms with Gasteiger partial charge in [-0.2, -0.15) is 0 Å². The summed E-state index contributed by atoms with van der Waals surface area (Å²) in [4.78, 5) is 22.0. The SMILES string of the molecule is C[C@@H](CCC(=O)/C=C/C1CCCC1)C(=O)O. The maximum atomic E-state index is 11.4. The van der Waals surface area contributed by atoms with Gasteiger partial charge in [0.25, 0.3) is 0 Å². The van der Waals surface area contributed by atoms with E-state index in [1.807, 2.05) is 6.08 Å². The Morgan fingerprint density at radius 3 is 2.56 bits per heavy atom. The van der Waals surface area contributed by atoms with Crippen LogP contribution in [0.1, 0.15) is 45.4 Å². The molecular formula is C13H20O3. The van der Waals surface area contributed by atoms with E-state index < -0.39 is 11.9 Å². The zero-order valence-corrected chi connectivity index (χ0v) is 9.82. The number of carbonyl (C=O) groups excluding carboxylic acids is 1. The van der Waals surface area contributed by atoms with Crippen LogP contribution in [-0.4, -0.2) is 16.9 Å². The summed E-state index contributed by atoms with van der Waals surface area (Å²) >= 11 is 0. The number of carbonyl (C=O) groups is 2. The number of aliphatic carboxylic acids is 1. The van der Waals surface area contributed by atoms with Crippen LogP contribution in [0.25, 0.3) is 0 Å². The number of hydrogen-bond acceptors (Lipinski definition) is 2. The highest BCUT2D eigenvalue weighted by molar-refractivity contribution is 5.89. The fraction of sp³-hybridized carbons (Fsp3) is 0.692. The molecule has 1 atom stereocenters. The second-order valence-corrected chi connectivity index (χ2v) is 4.65. The van der Waals surface area contributed by atoms with Crippen LogP contribution in [0.5, 0.6) is 0 Å². The van der Waals surface area contributed by atoms with Crippen molar-refractivity contribution in [2.45, 2.75) is 45.4 Å². The Morgan fingerprint density at radius 2 is 2.00 bits per heavy atom. The molecule has 90 valence electrons. The Balaban J connectivity index is 2.22. The number of ketones is 1. The summed E-state index contributed by atoms with van der Waals surface area (Å²) in [5.41, 5.74) is 0. The van der Waals surface area contributed by atoms with Gasteiger partial charge in [-0.15, -0.1) is 0 Å². The van der Waals surface area contributed by atoms with Crippen molar-refractivity contribution in [2.24, 2.45) is 11.8 Å². The molecule has 0 aliphatic heterocycles. The average Bonchev–Trinajstić information content (AvgIpc) is 2.75. The van der Waals surface area contributed by atoms with Gasteiger partial charge in [0.2, 0.25) is 0 Å². The molecule has 1 aliphatic rings. The Hall–Kier alpha value is -1.12. The fourth-order valence-electron chi connectivity index (χ4n) is 1.96. The molecule has 0 unspecified atom stereocenters. The molecular weight excluding hydrogens is 204 g/mol. The molecule has 1 aliphatic carbocycles. The van der Waals surface area contributed by atoms with Crippen LogP contribution in [0.2, 0.25) is 0 Å². The van der Waals surface area contributed by atoms with E-state index in [2.05, 4.69) is 0 Å². The smallest absolute Gasteiger partial charge is 0.306 e. The summed E-state index contributed by atoms with van der Waals surface area (Å²) in [6, 6.07) is 0. The molecule has 1 fully saturated rings. The molecule has 16 heavy (non-hydrogen) atoms. The number of carboxylic acid groups (broad SMARTS) is 1. The molecule has 0 aromatic rings. The van der Waals surface area contributed by atoms with Gasteiger partial charge in [-0.05, 0) is 31.3 Å². The lowest BCUT2D eigenvalue weighted by Gasteiger charge is -2.03. The minimum Gasteiger partial charge on any atom is -0.481 e. The van der Waals surface area contributed by atoms with Crippen LogP contribution in [0.4, 0.5) is 0 Å². The van der Waals surface area contributed by atoms with Crippen molar-refractivity contribution in [2.75, 3.05) is 0 Å². The molecule has 0 aromatic heterocycles. The van der Waals surface area contributed by atoms with E-state index in [1.165, 1.54) is 25.7 Å². The first-order valence-electron chi connectivity index (χ1n) is 6.03. The molecule has 0 amide bonds. The first-order valence-corrected chi connectivity index (χ1v) is 6.03. The molecule has 0 radical (unpaired) electrons. The minimum absolute atomic E-state index is 0.0556. The van der Waals surface area contributed by atoms with Gasteiger partial charge in [0.05, 0.1) is 5.92 Å². The monoisotopic (exact) mass is 224 g/mol. The average molecular weight is 224 g/mol. The molecule has 1 saturated carbocycles. The third-order valence-corrected chi connectivity index (χ3v) is 3.20. The third kappa shape index (κ3) is 4.60. The summed E-state index contributed by atoms with van der Waals surface area (Å²) < 4.78 is 0. The lowest BCUT2D eigenvalue weighted by Crippen LogP contribution is -2.10. The van der Waals surface area contributed by atoms with E-state index in [9.17, 15) is 9.59 Å². The van der Waals surface area contributed by atoms with E-state index in [0.717, 1.165) is 0 Å². The lowest BCUT2D eigenvalue weighted by atomic mass is 10.0. The summed E-state index contributed by atoms with van der Waals surface area (Å²) in [6.07, 6.45) is 9.33. The first kappa shape index (κ1) is 12.9. The van der Waals surface area contributed by atoms with Crippen molar-refractivity contribution < 1.29 is 14.7 Å². The Bertz CT molecular complexity index is 275. The van der Waals surface area contributed by atoms with E-state index in [-0.39, 0.29) is 5.78 Å². The maximum Gasteiger partial charge on any atom is 0.306 e. The predicted molar refractivity (Wildman–Crippen MR) is 62.1 cm³/mol. The van der Waals surface area contributed by atoms with Crippen LogP contribution in [0, 0.1) is 11.8 Å². The Kier molecular flexibility index (Phi) is 5.23. The van der Waals surface area contributed by atoms with Gasteiger partial charge in [-0.1, -0.05) is 25.8 Å². The second-order valence-electron chi connectivity index (χ2n) is 4.65. The molecule has 1 rings (SSSR count). The highest BCUT2D eigenvalue weighted by Crippen LogP contribution is 2.25. The number of rotatable bonds is 6. The molecule has 3 nitrogen and oxygen atoms in total. The van der Waals surface area contributed by atoms with Gasteiger partial charge in [-0.25, -0.2) is 0 Å². The number of allylic oxidation sites excluding steroid dienone is 2. The predicted octanol–water partition coefficient (Wildman–Crippen LogP) is 2.80. The van der Waals surface area contributed by atoms with E-state index in [4.69, 9.17) is 5.11 Å². The van der Waals surface area contributed by atoms with Gasteiger partial charge in [0, 0.05) is 6.42 Å². The molecule has 3 heteroatoms. The zero-order valence-electron chi connectivity index (χ0n) is 9.82. The van der Waals surface area contributed by atoms with Crippen LogP contribution < -0.4 is 0 Å². The topological polar surface area (TPSA) is 54.4 Å². The largest absolute Gasteiger partial charge is 0.481 e. The van der Waals surface area contributed by atoms with Crippen molar-refractivity contribution in [1.29, 1.82) is 0 Å². The van der Waals surface area contributed by atoms with Gasteiger partial charge >= 0.3 is 5.97 Å². The molecule has 0 spiro atoms. The Morgan fingerprint density at radius 1 is 1.38 bits per heavy atom. The van der Waals surface area contributed by atoms with Crippen molar-refractivity contribution in [3.63, 3.8) is 0 Å². The zero-order chi connectivity index (χ0) is 12.0. The summed E-state index contributed by atoms with van der Waals surface area (Å²) in [5.74, 6) is -0.628. The fourth-order valence-corrected chi connectivity index (χ4v) is 1.96. The summed E-state index contributed by atoms with van der Waals surface area (Å²) in [7, 11) is 0. The lowest BCUT2D eigenvalue weighted by molar-refractivity contribution is -0.141. The Labute approximate surface area is 96.5 Å². The van der Waals surface area contributed by atoms with E-state index in [0.29, 0.717) is 18.8 Å². The third-order valence-electron chi connectivity index (χ3n) is 3.20. The van der Waals surface area contributed by atoms with Gasteiger partial charge in [0.15, 0.2) is 5.78 Å². The standard InChI is InChI=1S/C13H20O3/c1-10(13(15)16)6-8-12(14)9-7-11-4-2-3-5-11/h7,9-11H,2-6,8H2,1H3,(H,15,16)/b9-7+/t10-/m0/s1. The van der Waals surface area contributed by atoms with Crippen LogP contribution in [-0.2, 0) is 9.59 Å². The molecule has 0 heterocycles. The van der Waals surface area contributed by atoms with Gasteiger partial charge in [0.1, 0.15) is 0 Å². The van der Waals surface area contributed by atoms with Gasteiger partial charge < -0.3 is 5.11 Å². The van der Waals surface area contributed by atoms with E-state index >= 15 is 0 Å². The number of carboxylic acids is 1.